The van der Waals surface area contributed by atoms with Gasteiger partial charge in [-0.3, -0.25) is 9.05 Å². The first-order valence-electron chi connectivity index (χ1n) is 10.4. The average Bonchev–Trinajstić information content (AvgIpc) is 2.79. The molecule has 16 heteroatoms. The molecule has 13 atom stereocenters. The zero-order chi connectivity index (χ0) is 25.1. The van der Waals surface area contributed by atoms with Crippen molar-refractivity contribution in [2.75, 3.05) is 19.8 Å². The Bertz CT molecular complexity index is 657. The van der Waals surface area contributed by atoms with Crippen LogP contribution in [0.1, 0.15) is 13.3 Å². The molecule has 0 bridgehead atoms. The Labute approximate surface area is 189 Å². The van der Waals surface area contributed by atoms with Crippen LogP contribution in [0.25, 0.3) is 0 Å². The summed E-state index contributed by atoms with van der Waals surface area (Å²) in [6, 6.07) is -1.22. The van der Waals surface area contributed by atoms with Crippen molar-refractivity contribution in [1.82, 2.24) is 0 Å². The van der Waals surface area contributed by atoms with Gasteiger partial charge in [-0.15, -0.1) is 0 Å². The van der Waals surface area contributed by atoms with E-state index in [-0.39, 0.29) is 0 Å². The molecule has 0 aromatic carbocycles. The standard InChI is InChI=1S/C17H34NO14P/c1-2-7-8(4-20)30-17(9(18)10(7)22)31-15-13(25)11(23)12(24)14(26)16(15)32-33(27,28)29-5-6(21)3-19/h6-17,19-26H,2-5,18H2,1H3,(H,27,28)/t6?,7-,8?,9?,10+,11?,12-,13?,14+,15-,16?,17-/m1/s1. The average molecular weight is 507 g/mol. The molecular formula is C17H34NO14P. The number of hydrogen-bond donors (Lipinski definition) is 10. The zero-order valence-corrected chi connectivity index (χ0v) is 18.7. The van der Waals surface area contributed by atoms with Crippen molar-refractivity contribution < 1.29 is 68.8 Å². The Morgan fingerprint density at radius 3 is 2.09 bits per heavy atom. The third-order valence-electron chi connectivity index (χ3n) is 5.82. The molecule has 1 saturated heterocycles. The molecule has 15 nitrogen and oxygen atoms in total. The number of rotatable bonds is 10. The van der Waals surface area contributed by atoms with Gasteiger partial charge in [0, 0.05) is 5.92 Å². The van der Waals surface area contributed by atoms with Gasteiger partial charge in [-0.2, -0.15) is 0 Å². The van der Waals surface area contributed by atoms with Gasteiger partial charge in [-0.1, -0.05) is 6.92 Å². The van der Waals surface area contributed by atoms with E-state index in [1.165, 1.54) is 0 Å². The summed E-state index contributed by atoms with van der Waals surface area (Å²) in [5, 5.41) is 78.9. The summed E-state index contributed by atoms with van der Waals surface area (Å²) in [6.45, 7) is -0.382. The van der Waals surface area contributed by atoms with E-state index >= 15 is 0 Å². The molecule has 0 amide bonds. The lowest BCUT2D eigenvalue weighted by atomic mass is 9.84. The van der Waals surface area contributed by atoms with Gasteiger partial charge in [0.25, 0.3) is 0 Å². The van der Waals surface area contributed by atoms with E-state index in [0.29, 0.717) is 6.42 Å². The topological polar surface area (TPSA) is 262 Å². The predicted molar refractivity (Wildman–Crippen MR) is 106 cm³/mol. The van der Waals surface area contributed by atoms with E-state index in [1.54, 1.807) is 6.92 Å². The van der Waals surface area contributed by atoms with Gasteiger partial charge in [0.05, 0.1) is 38.1 Å². The Morgan fingerprint density at radius 1 is 1.00 bits per heavy atom. The number of nitrogens with two attached hydrogens (primary N) is 1. The number of aliphatic hydroxyl groups is 8. The summed E-state index contributed by atoms with van der Waals surface area (Å²) >= 11 is 0. The third-order valence-corrected chi connectivity index (χ3v) is 6.80. The van der Waals surface area contributed by atoms with E-state index in [1.807, 2.05) is 0 Å². The lowest BCUT2D eigenvalue weighted by Gasteiger charge is -2.48. The van der Waals surface area contributed by atoms with Gasteiger partial charge in [-0.05, 0) is 6.42 Å². The second-order valence-electron chi connectivity index (χ2n) is 8.10. The predicted octanol–water partition coefficient (Wildman–Crippen LogP) is -4.88. The minimum absolute atomic E-state index is 0.402. The highest BCUT2D eigenvalue weighted by Gasteiger charge is 2.55. The van der Waals surface area contributed by atoms with Crippen LogP contribution >= 0.6 is 7.82 Å². The first kappa shape index (κ1) is 28.9. The molecule has 2 fully saturated rings. The van der Waals surface area contributed by atoms with Crippen molar-refractivity contribution in [3.8, 4) is 0 Å². The van der Waals surface area contributed by atoms with Crippen LogP contribution < -0.4 is 5.73 Å². The van der Waals surface area contributed by atoms with Gasteiger partial charge in [-0.25, -0.2) is 4.57 Å². The molecule has 1 aliphatic carbocycles. The van der Waals surface area contributed by atoms with E-state index in [0.717, 1.165) is 0 Å². The molecule has 1 aliphatic heterocycles. The molecule has 0 radical (unpaired) electrons. The smallest absolute Gasteiger partial charge is 0.394 e. The van der Waals surface area contributed by atoms with Gasteiger partial charge in [0.2, 0.25) is 0 Å². The van der Waals surface area contributed by atoms with Crippen LogP contribution in [-0.2, 0) is 23.1 Å². The highest BCUT2D eigenvalue weighted by molar-refractivity contribution is 7.47. The number of phosphoric acid groups is 1. The molecule has 196 valence electrons. The molecule has 33 heavy (non-hydrogen) atoms. The lowest BCUT2D eigenvalue weighted by Crippen LogP contribution is -2.67. The minimum atomic E-state index is -5.07. The van der Waals surface area contributed by atoms with E-state index in [9.17, 15) is 45.2 Å². The molecule has 7 unspecified atom stereocenters. The first-order valence-corrected chi connectivity index (χ1v) is 11.9. The van der Waals surface area contributed by atoms with Crippen LogP contribution in [0.2, 0.25) is 0 Å². The van der Waals surface area contributed by atoms with Crippen LogP contribution in [0.15, 0.2) is 0 Å². The first-order chi connectivity index (χ1) is 15.4. The van der Waals surface area contributed by atoms with Gasteiger partial charge in [0.1, 0.15) is 42.7 Å². The Kier molecular flexibility index (Phi) is 10.6. The highest BCUT2D eigenvalue weighted by Crippen LogP contribution is 2.47. The van der Waals surface area contributed by atoms with E-state index in [4.69, 9.17) is 24.8 Å². The molecule has 0 aromatic heterocycles. The quantitative estimate of drug-likeness (QED) is 0.124. The zero-order valence-electron chi connectivity index (χ0n) is 17.8. The van der Waals surface area contributed by atoms with Crippen LogP contribution in [-0.4, -0.2) is 133 Å². The third kappa shape index (κ3) is 6.67. The maximum absolute atomic E-state index is 12.3. The van der Waals surface area contributed by atoms with Crippen molar-refractivity contribution in [1.29, 1.82) is 0 Å². The normalized spacial score (nSPS) is 44.9. The second kappa shape index (κ2) is 12.1. The van der Waals surface area contributed by atoms with Crippen molar-refractivity contribution in [2.24, 2.45) is 11.7 Å². The van der Waals surface area contributed by atoms with Crippen molar-refractivity contribution >= 4 is 7.82 Å². The minimum Gasteiger partial charge on any atom is -0.394 e. The number of aliphatic hydroxyl groups excluding tert-OH is 8. The molecule has 2 rings (SSSR count). The van der Waals surface area contributed by atoms with Gasteiger partial charge < -0.3 is 61.0 Å². The Morgan fingerprint density at radius 2 is 1.58 bits per heavy atom. The molecule has 0 aromatic rings. The maximum atomic E-state index is 12.3. The largest absolute Gasteiger partial charge is 0.472 e. The molecular weight excluding hydrogens is 473 g/mol. The van der Waals surface area contributed by atoms with Crippen LogP contribution in [0.4, 0.5) is 0 Å². The van der Waals surface area contributed by atoms with Crippen LogP contribution in [0.3, 0.4) is 0 Å². The molecule has 0 spiro atoms. The fourth-order valence-electron chi connectivity index (χ4n) is 3.87. The Hall–Kier alpha value is -0.330. The monoisotopic (exact) mass is 507 g/mol. The van der Waals surface area contributed by atoms with Crippen molar-refractivity contribution in [3.63, 3.8) is 0 Å². The van der Waals surface area contributed by atoms with Crippen LogP contribution in [0, 0.1) is 5.92 Å². The highest BCUT2D eigenvalue weighted by atomic mass is 31.2. The summed E-state index contributed by atoms with van der Waals surface area (Å²) in [5.74, 6) is -0.546. The van der Waals surface area contributed by atoms with Gasteiger partial charge in [0.15, 0.2) is 6.29 Å². The number of ether oxygens (including phenoxy) is 2. The molecule has 11 N–H and O–H groups in total. The lowest BCUT2D eigenvalue weighted by molar-refractivity contribution is -0.310. The SMILES string of the molecule is CC[C@@H]1C(CO)O[C@H](O[C@@H]2C(O)C(O)[C@@H](O)[C@H](O)C2OP(=O)(O)OCC(O)CO)C(N)[C@H]1O. The summed E-state index contributed by atoms with van der Waals surface area (Å²) in [5.41, 5.74) is 5.97. The van der Waals surface area contributed by atoms with E-state index in [2.05, 4.69) is 4.52 Å². The Balaban J connectivity index is 2.25. The molecule has 1 heterocycles. The van der Waals surface area contributed by atoms with E-state index < -0.39 is 101 Å². The summed E-state index contributed by atoms with van der Waals surface area (Å²) in [7, 11) is -5.07. The van der Waals surface area contributed by atoms with Crippen molar-refractivity contribution in [3.05, 3.63) is 0 Å². The summed E-state index contributed by atoms with van der Waals surface area (Å²) in [4.78, 5) is 9.93. The fourth-order valence-corrected chi connectivity index (χ4v) is 4.84. The number of phosphoric ester groups is 1. The summed E-state index contributed by atoms with van der Waals surface area (Å²) in [6.07, 6.45) is -16.6. The number of hydrogen-bond acceptors (Lipinski definition) is 14. The van der Waals surface area contributed by atoms with Crippen LogP contribution in [0.5, 0.6) is 0 Å². The van der Waals surface area contributed by atoms with Crippen molar-refractivity contribution in [2.45, 2.75) is 80.6 Å². The fraction of sp³-hybridized carbons (Fsp3) is 1.00. The van der Waals surface area contributed by atoms with Gasteiger partial charge >= 0.3 is 7.82 Å². The molecule has 2 aliphatic rings. The second-order valence-corrected chi connectivity index (χ2v) is 9.51. The summed E-state index contributed by atoms with van der Waals surface area (Å²) < 4.78 is 32.8. The molecule has 1 saturated carbocycles. The maximum Gasteiger partial charge on any atom is 0.472 e.